The summed E-state index contributed by atoms with van der Waals surface area (Å²) in [5.74, 6) is 0.207. The van der Waals surface area contributed by atoms with Crippen LogP contribution < -0.4 is 10.6 Å². The second-order valence-electron chi connectivity index (χ2n) is 8.12. The lowest BCUT2D eigenvalue weighted by atomic mass is 9.63. The van der Waals surface area contributed by atoms with Gasteiger partial charge in [0.05, 0.1) is 6.04 Å². The molecule has 1 atom stereocenters. The Hall–Kier alpha value is -0.570. The summed E-state index contributed by atoms with van der Waals surface area (Å²) in [6, 6.07) is 0.504. The molecule has 1 heterocycles. The largest absolute Gasteiger partial charge is 0.355 e. The van der Waals surface area contributed by atoms with Gasteiger partial charge in [-0.15, -0.1) is 0 Å². The Morgan fingerprint density at radius 2 is 1.74 bits per heavy atom. The zero-order valence-electron chi connectivity index (χ0n) is 13.0. The first kappa shape index (κ1) is 14.8. The highest BCUT2D eigenvalue weighted by Crippen LogP contribution is 2.45. The van der Waals surface area contributed by atoms with Crippen LogP contribution in [0.25, 0.3) is 0 Å². The molecule has 2 aliphatic rings. The smallest absolute Gasteiger partial charge is 0.237 e. The van der Waals surface area contributed by atoms with Crippen LogP contribution in [-0.2, 0) is 4.79 Å². The van der Waals surface area contributed by atoms with Gasteiger partial charge in [0.2, 0.25) is 5.91 Å². The van der Waals surface area contributed by atoms with Gasteiger partial charge in [-0.3, -0.25) is 4.79 Å². The first-order valence-corrected chi connectivity index (χ1v) is 7.81. The molecule has 0 aromatic rings. The first-order valence-electron chi connectivity index (χ1n) is 7.81. The highest BCUT2D eigenvalue weighted by molar-refractivity contribution is 5.81. The Kier molecular flexibility index (Phi) is 4.24. The average Bonchev–Trinajstić information content (AvgIpc) is 2.39. The maximum atomic E-state index is 12.0. The van der Waals surface area contributed by atoms with Crippen molar-refractivity contribution in [3.05, 3.63) is 0 Å². The molecule has 1 aliphatic heterocycles. The number of hydrogen-bond acceptors (Lipinski definition) is 2. The lowest BCUT2D eigenvalue weighted by Gasteiger charge is -2.46. The number of rotatable bonds is 2. The average molecular weight is 266 g/mol. The van der Waals surface area contributed by atoms with E-state index in [9.17, 15) is 4.79 Å². The SMILES string of the molecule is CC1(C)CC(NC2CCCCNC2=O)CC(C)(C)C1. The van der Waals surface area contributed by atoms with Crippen molar-refractivity contribution >= 4 is 5.91 Å². The van der Waals surface area contributed by atoms with Gasteiger partial charge in [-0.1, -0.05) is 27.7 Å². The van der Waals surface area contributed by atoms with E-state index in [0.717, 1.165) is 25.8 Å². The molecule has 0 aromatic carbocycles. The van der Waals surface area contributed by atoms with Crippen molar-refractivity contribution in [2.45, 2.75) is 78.3 Å². The third kappa shape index (κ3) is 4.20. The van der Waals surface area contributed by atoms with Crippen LogP contribution in [0, 0.1) is 10.8 Å². The topological polar surface area (TPSA) is 41.1 Å². The molecule has 3 nitrogen and oxygen atoms in total. The van der Waals surface area contributed by atoms with Crippen LogP contribution in [0.15, 0.2) is 0 Å². The summed E-state index contributed by atoms with van der Waals surface area (Å²) >= 11 is 0. The molecule has 2 fully saturated rings. The Balaban J connectivity index is 1.99. The van der Waals surface area contributed by atoms with Gasteiger partial charge in [0, 0.05) is 12.6 Å². The fourth-order valence-corrected chi connectivity index (χ4v) is 4.35. The molecule has 1 unspecified atom stereocenters. The van der Waals surface area contributed by atoms with Gasteiger partial charge in [-0.2, -0.15) is 0 Å². The minimum Gasteiger partial charge on any atom is -0.355 e. The van der Waals surface area contributed by atoms with E-state index >= 15 is 0 Å². The van der Waals surface area contributed by atoms with Crippen LogP contribution in [-0.4, -0.2) is 24.5 Å². The summed E-state index contributed by atoms with van der Waals surface area (Å²) < 4.78 is 0. The van der Waals surface area contributed by atoms with E-state index in [1.54, 1.807) is 0 Å². The van der Waals surface area contributed by atoms with Gasteiger partial charge < -0.3 is 10.6 Å². The van der Waals surface area contributed by atoms with E-state index in [-0.39, 0.29) is 11.9 Å². The van der Waals surface area contributed by atoms with Crippen LogP contribution in [0.4, 0.5) is 0 Å². The van der Waals surface area contributed by atoms with E-state index in [0.29, 0.717) is 16.9 Å². The molecule has 2 rings (SSSR count). The van der Waals surface area contributed by atoms with Crippen LogP contribution in [0.5, 0.6) is 0 Å². The molecule has 2 N–H and O–H groups in total. The fourth-order valence-electron chi connectivity index (χ4n) is 4.35. The highest BCUT2D eigenvalue weighted by atomic mass is 16.2. The van der Waals surface area contributed by atoms with E-state index in [2.05, 4.69) is 38.3 Å². The summed E-state index contributed by atoms with van der Waals surface area (Å²) in [4.78, 5) is 12.0. The van der Waals surface area contributed by atoms with E-state index in [1.807, 2.05) is 0 Å². The summed E-state index contributed by atoms with van der Waals surface area (Å²) in [6.07, 6.45) is 6.89. The molecule has 110 valence electrons. The molecule has 3 heteroatoms. The third-order valence-electron chi connectivity index (χ3n) is 4.53. The zero-order valence-corrected chi connectivity index (χ0v) is 13.0. The standard InChI is InChI=1S/C16H30N2O/c1-15(2)9-12(10-16(3,4)11-15)18-13-7-5-6-8-17-14(13)19/h12-13,18H,5-11H2,1-4H3,(H,17,19). The van der Waals surface area contributed by atoms with Crippen molar-refractivity contribution in [1.29, 1.82) is 0 Å². The summed E-state index contributed by atoms with van der Waals surface area (Å²) in [5.41, 5.74) is 0.751. The van der Waals surface area contributed by atoms with Crippen LogP contribution in [0.3, 0.4) is 0 Å². The predicted molar refractivity (Wildman–Crippen MR) is 79.0 cm³/mol. The summed E-state index contributed by atoms with van der Waals surface area (Å²) in [6.45, 7) is 10.3. The van der Waals surface area contributed by atoms with E-state index < -0.39 is 0 Å². The molecule has 19 heavy (non-hydrogen) atoms. The Labute approximate surface area is 117 Å². The van der Waals surface area contributed by atoms with E-state index in [4.69, 9.17) is 0 Å². The second kappa shape index (κ2) is 5.43. The molecule has 1 saturated heterocycles. The molecule has 0 radical (unpaired) electrons. The maximum Gasteiger partial charge on any atom is 0.237 e. The van der Waals surface area contributed by atoms with Crippen molar-refractivity contribution in [1.82, 2.24) is 10.6 Å². The molecular weight excluding hydrogens is 236 g/mol. The lowest BCUT2D eigenvalue weighted by molar-refractivity contribution is -0.123. The number of carbonyl (C=O) groups is 1. The van der Waals surface area contributed by atoms with Gasteiger partial charge in [0.25, 0.3) is 0 Å². The minimum atomic E-state index is 0.0252. The molecule has 1 saturated carbocycles. The second-order valence-corrected chi connectivity index (χ2v) is 8.12. The number of carbonyl (C=O) groups excluding carboxylic acids is 1. The lowest BCUT2D eigenvalue weighted by Crippen LogP contribution is -2.51. The van der Waals surface area contributed by atoms with Gasteiger partial charge in [0.1, 0.15) is 0 Å². The molecule has 1 aliphatic carbocycles. The van der Waals surface area contributed by atoms with Gasteiger partial charge in [-0.05, 0) is 49.4 Å². The minimum absolute atomic E-state index is 0.0252. The Morgan fingerprint density at radius 1 is 1.11 bits per heavy atom. The maximum absolute atomic E-state index is 12.0. The Bertz CT molecular complexity index is 320. The molecule has 0 bridgehead atoms. The molecular formula is C16H30N2O. The van der Waals surface area contributed by atoms with Crippen molar-refractivity contribution in [3.8, 4) is 0 Å². The molecule has 0 spiro atoms. The van der Waals surface area contributed by atoms with Gasteiger partial charge in [0.15, 0.2) is 0 Å². The van der Waals surface area contributed by atoms with Crippen molar-refractivity contribution in [2.75, 3.05) is 6.54 Å². The quantitative estimate of drug-likeness (QED) is 0.807. The summed E-state index contributed by atoms with van der Waals surface area (Å²) in [7, 11) is 0. The molecule has 1 amide bonds. The predicted octanol–water partition coefficient (Wildman–Crippen LogP) is 2.85. The number of hydrogen-bond donors (Lipinski definition) is 2. The summed E-state index contributed by atoms with van der Waals surface area (Å²) in [5, 5.41) is 6.67. The van der Waals surface area contributed by atoms with Crippen LogP contribution >= 0.6 is 0 Å². The first-order chi connectivity index (χ1) is 8.77. The van der Waals surface area contributed by atoms with Gasteiger partial charge >= 0.3 is 0 Å². The number of nitrogens with one attached hydrogen (secondary N) is 2. The van der Waals surface area contributed by atoms with E-state index in [1.165, 1.54) is 19.3 Å². The van der Waals surface area contributed by atoms with Crippen molar-refractivity contribution < 1.29 is 4.79 Å². The van der Waals surface area contributed by atoms with Crippen LogP contribution in [0.1, 0.15) is 66.2 Å². The molecule has 0 aromatic heterocycles. The highest BCUT2D eigenvalue weighted by Gasteiger charge is 2.39. The van der Waals surface area contributed by atoms with Crippen molar-refractivity contribution in [2.24, 2.45) is 10.8 Å². The van der Waals surface area contributed by atoms with Crippen molar-refractivity contribution in [3.63, 3.8) is 0 Å². The number of amides is 1. The normalized spacial score (nSPS) is 31.6. The third-order valence-corrected chi connectivity index (χ3v) is 4.53. The van der Waals surface area contributed by atoms with Gasteiger partial charge in [-0.25, -0.2) is 0 Å². The van der Waals surface area contributed by atoms with Crippen LogP contribution in [0.2, 0.25) is 0 Å². The fraction of sp³-hybridized carbons (Fsp3) is 0.938. The zero-order chi connectivity index (χ0) is 14.1. The Morgan fingerprint density at radius 3 is 2.37 bits per heavy atom. The monoisotopic (exact) mass is 266 g/mol.